The zero-order valence-corrected chi connectivity index (χ0v) is 10.00. The predicted molar refractivity (Wildman–Crippen MR) is 64.0 cm³/mol. The van der Waals surface area contributed by atoms with E-state index in [2.05, 4.69) is 4.98 Å². The number of hydrogen-bond donors (Lipinski definition) is 0. The third kappa shape index (κ3) is 2.57. The van der Waals surface area contributed by atoms with Crippen molar-refractivity contribution in [3.8, 4) is 11.3 Å². The summed E-state index contributed by atoms with van der Waals surface area (Å²) < 4.78 is 0. The van der Waals surface area contributed by atoms with Gasteiger partial charge in [0.25, 0.3) is 0 Å². The van der Waals surface area contributed by atoms with Gasteiger partial charge in [0.05, 0.1) is 21.7 Å². The molecule has 0 saturated carbocycles. The van der Waals surface area contributed by atoms with E-state index >= 15 is 0 Å². The number of benzene rings is 1. The molecular formula is C12H6Cl2NO2-. The molecular weight excluding hydrogens is 261 g/mol. The van der Waals surface area contributed by atoms with Gasteiger partial charge in [0.1, 0.15) is 0 Å². The zero-order valence-electron chi connectivity index (χ0n) is 8.48. The van der Waals surface area contributed by atoms with E-state index in [0.29, 0.717) is 15.7 Å². The maximum atomic E-state index is 10.6. The van der Waals surface area contributed by atoms with Crippen LogP contribution >= 0.6 is 23.2 Å². The van der Waals surface area contributed by atoms with Crippen molar-refractivity contribution in [3.05, 3.63) is 52.1 Å². The lowest BCUT2D eigenvalue weighted by atomic mass is 10.1. The highest BCUT2D eigenvalue weighted by Gasteiger charge is 2.03. The summed E-state index contributed by atoms with van der Waals surface area (Å²) in [5.41, 5.74) is 1.42. The Morgan fingerprint density at radius 1 is 1.12 bits per heavy atom. The number of rotatable bonds is 2. The van der Waals surface area contributed by atoms with Crippen LogP contribution in [0.2, 0.25) is 10.0 Å². The molecule has 1 aromatic carbocycles. The van der Waals surface area contributed by atoms with Gasteiger partial charge in [0.15, 0.2) is 0 Å². The highest BCUT2D eigenvalue weighted by Crippen LogP contribution is 2.27. The smallest absolute Gasteiger partial charge is 0.0730 e. The van der Waals surface area contributed by atoms with Crippen LogP contribution in [0, 0.1) is 0 Å². The van der Waals surface area contributed by atoms with Gasteiger partial charge < -0.3 is 9.90 Å². The fraction of sp³-hybridized carbons (Fsp3) is 0. The van der Waals surface area contributed by atoms with Gasteiger partial charge in [-0.15, -0.1) is 0 Å². The normalized spacial score (nSPS) is 10.2. The zero-order chi connectivity index (χ0) is 12.4. The molecule has 0 unspecified atom stereocenters. The van der Waals surface area contributed by atoms with E-state index < -0.39 is 5.97 Å². The highest BCUT2D eigenvalue weighted by atomic mass is 35.5. The molecule has 2 aromatic rings. The lowest BCUT2D eigenvalue weighted by Crippen LogP contribution is -2.22. The molecule has 0 aliphatic heterocycles. The Kier molecular flexibility index (Phi) is 3.31. The molecule has 0 aliphatic carbocycles. The molecule has 0 aliphatic rings. The summed E-state index contributed by atoms with van der Waals surface area (Å²) in [5, 5.41) is 11.4. The second kappa shape index (κ2) is 4.73. The van der Waals surface area contributed by atoms with Crippen LogP contribution in [0.5, 0.6) is 0 Å². The Labute approximate surface area is 108 Å². The first-order valence-electron chi connectivity index (χ1n) is 4.71. The third-order valence-electron chi connectivity index (χ3n) is 2.21. The maximum Gasteiger partial charge on any atom is 0.0730 e. The first-order valence-corrected chi connectivity index (χ1v) is 5.46. The molecule has 0 amide bonds. The molecule has 0 fully saturated rings. The van der Waals surface area contributed by atoms with Gasteiger partial charge in [-0.2, -0.15) is 0 Å². The number of pyridine rings is 1. The molecule has 1 heterocycles. The molecule has 0 N–H and O–H groups in total. The Morgan fingerprint density at radius 3 is 2.41 bits per heavy atom. The lowest BCUT2D eigenvalue weighted by molar-refractivity contribution is -0.255. The summed E-state index contributed by atoms with van der Waals surface area (Å²) in [6, 6.07) is 8.11. The third-order valence-corrected chi connectivity index (χ3v) is 2.95. The fourth-order valence-electron chi connectivity index (χ4n) is 1.34. The molecule has 2 rings (SSSR count). The maximum absolute atomic E-state index is 10.6. The van der Waals surface area contributed by atoms with E-state index in [1.165, 1.54) is 12.3 Å². The molecule has 86 valence electrons. The van der Waals surface area contributed by atoms with Crippen LogP contribution in [-0.4, -0.2) is 11.0 Å². The number of carbonyl (C=O) groups is 1. The highest BCUT2D eigenvalue weighted by molar-refractivity contribution is 6.42. The summed E-state index contributed by atoms with van der Waals surface area (Å²) in [6.07, 6.45) is 1.24. The van der Waals surface area contributed by atoms with Crippen molar-refractivity contribution < 1.29 is 9.90 Å². The summed E-state index contributed by atoms with van der Waals surface area (Å²) >= 11 is 11.7. The van der Waals surface area contributed by atoms with Crippen molar-refractivity contribution in [2.24, 2.45) is 0 Å². The predicted octanol–water partition coefficient (Wildman–Crippen LogP) is 2.42. The minimum Gasteiger partial charge on any atom is -0.545 e. The van der Waals surface area contributed by atoms with Crippen molar-refractivity contribution in [3.63, 3.8) is 0 Å². The summed E-state index contributed by atoms with van der Waals surface area (Å²) in [5.74, 6) is -1.25. The van der Waals surface area contributed by atoms with Crippen LogP contribution < -0.4 is 5.11 Å². The van der Waals surface area contributed by atoms with Crippen molar-refractivity contribution in [1.29, 1.82) is 0 Å². The van der Waals surface area contributed by atoms with Crippen molar-refractivity contribution in [1.82, 2.24) is 4.98 Å². The largest absolute Gasteiger partial charge is 0.545 e. The van der Waals surface area contributed by atoms with Gasteiger partial charge in [-0.1, -0.05) is 29.3 Å². The number of hydrogen-bond acceptors (Lipinski definition) is 3. The lowest BCUT2D eigenvalue weighted by Gasteiger charge is -2.05. The van der Waals surface area contributed by atoms with Crippen LogP contribution in [0.4, 0.5) is 0 Å². The molecule has 0 bridgehead atoms. The van der Waals surface area contributed by atoms with E-state index in [9.17, 15) is 9.90 Å². The summed E-state index contributed by atoms with van der Waals surface area (Å²) in [7, 11) is 0. The minimum atomic E-state index is -1.25. The van der Waals surface area contributed by atoms with Crippen molar-refractivity contribution >= 4 is 29.2 Å². The average molecular weight is 267 g/mol. The van der Waals surface area contributed by atoms with Crippen LogP contribution in [0.3, 0.4) is 0 Å². The molecule has 0 spiro atoms. The van der Waals surface area contributed by atoms with E-state index in [1.54, 1.807) is 24.3 Å². The van der Waals surface area contributed by atoms with Gasteiger partial charge in [0, 0.05) is 17.3 Å². The standard InChI is InChI=1S/C12H7Cl2NO2/c13-9-3-1-7(5-10(9)14)11-4-2-8(6-15-11)12(16)17/h1-6H,(H,16,17)/p-1. The number of halogens is 2. The van der Waals surface area contributed by atoms with E-state index in [1.807, 2.05) is 0 Å². The second-order valence-corrected chi connectivity index (χ2v) is 4.16. The molecule has 1 aromatic heterocycles. The minimum absolute atomic E-state index is 0.0359. The van der Waals surface area contributed by atoms with Gasteiger partial charge >= 0.3 is 0 Å². The Hall–Kier alpha value is -1.58. The van der Waals surface area contributed by atoms with Crippen LogP contribution in [0.25, 0.3) is 11.3 Å². The van der Waals surface area contributed by atoms with Crippen molar-refractivity contribution in [2.75, 3.05) is 0 Å². The molecule has 17 heavy (non-hydrogen) atoms. The number of carboxylic acids is 1. The van der Waals surface area contributed by atoms with Gasteiger partial charge in [0.2, 0.25) is 0 Å². The molecule has 0 saturated heterocycles. The van der Waals surface area contributed by atoms with Gasteiger partial charge in [-0.3, -0.25) is 4.98 Å². The van der Waals surface area contributed by atoms with Crippen LogP contribution in [0.1, 0.15) is 10.4 Å². The molecule has 0 atom stereocenters. The first-order chi connectivity index (χ1) is 8.08. The number of carboxylic acid groups (broad SMARTS) is 1. The average Bonchev–Trinajstić information content (AvgIpc) is 2.33. The van der Waals surface area contributed by atoms with Crippen molar-refractivity contribution in [2.45, 2.75) is 0 Å². The number of aromatic nitrogens is 1. The Morgan fingerprint density at radius 2 is 1.88 bits per heavy atom. The number of carbonyl (C=O) groups excluding carboxylic acids is 1. The first kappa shape index (κ1) is 11.9. The van der Waals surface area contributed by atoms with E-state index in [4.69, 9.17) is 23.2 Å². The molecule has 3 nitrogen and oxygen atoms in total. The fourth-order valence-corrected chi connectivity index (χ4v) is 1.64. The van der Waals surface area contributed by atoms with Gasteiger partial charge in [-0.05, 0) is 24.3 Å². The topological polar surface area (TPSA) is 53.0 Å². The Bertz CT molecular complexity index is 567. The van der Waals surface area contributed by atoms with Crippen LogP contribution in [0.15, 0.2) is 36.5 Å². The summed E-state index contributed by atoms with van der Waals surface area (Å²) in [6.45, 7) is 0. The second-order valence-electron chi connectivity index (χ2n) is 3.35. The summed E-state index contributed by atoms with van der Waals surface area (Å²) in [4.78, 5) is 14.6. The Balaban J connectivity index is 2.39. The molecule has 5 heteroatoms. The number of nitrogens with zero attached hydrogens (tertiary/aromatic N) is 1. The SMILES string of the molecule is O=C([O-])c1ccc(-c2ccc(Cl)c(Cl)c2)nc1. The monoisotopic (exact) mass is 266 g/mol. The molecule has 0 radical (unpaired) electrons. The van der Waals surface area contributed by atoms with Gasteiger partial charge in [-0.25, -0.2) is 0 Å². The van der Waals surface area contributed by atoms with E-state index in [-0.39, 0.29) is 5.56 Å². The quantitative estimate of drug-likeness (QED) is 0.839. The van der Waals surface area contributed by atoms with Crippen LogP contribution in [-0.2, 0) is 0 Å². The number of aromatic carboxylic acids is 1. The van der Waals surface area contributed by atoms with E-state index in [0.717, 1.165) is 5.56 Å².